The minimum absolute atomic E-state index is 0.656. The van der Waals surface area contributed by atoms with E-state index in [1.54, 1.807) is 0 Å². The summed E-state index contributed by atoms with van der Waals surface area (Å²) < 4.78 is 2.65. The minimum atomic E-state index is 0.656. The molecule has 2 aromatic heterocycles. The standard InChI is InChI=1S/C41H25N3S/c1-3-12-27(13-4-1)39-42-40(28-14-5-2-6-15-28)44-41(43-39)35-18-8-7-16-30(35)29-19-11-20-33-31(29)24-22-26-23-25-34-32-17-9-10-21-36(32)45-38(34)37(26)33/h1-25H. The largest absolute Gasteiger partial charge is 0.208 e. The highest BCUT2D eigenvalue weighted by molar-refractivity contribution is 7.26. The van der Waals surface area contributed by atoms with Crippen molar-refractivity contribution in [3.8, 4) is 45.3 Å². The van der Waals surface area contributed by atoms with Crippen LogP contribution in [0, 0.1) is 0 Å². The third-order valence-corrected chi connectivity index (χ3v) is 9.75. The molecule has 210 valence electrons. The second kappa shape index (κ2) is 10.5. The molecule has 0 aliphatic rings. The highest BCUT2D eigenvalue weighted by Crippen LogP contribution is 2.43. The van der Waals surface area contributed by atoms with Crippen molar-refractivity contribution in [1.82, 2.24) is 15.0 Å². The molecule has 4 heteroatoms. The SMILES string of the molecule is c1ccc(-c2nc(-c3ccccc3)nc(-c3ccccc3-c3cccc4c3ccc3ccc5c6ccccc6sc5c34)n2)cc1. The highest BCUT2D eigenvalue weighted by Gasteiger charge is 2.18. The van der Waals surface area contributed by atoms with Crippen LogP contribution < -0.4 is 0 Å². The van der Waals surface area contributed by atoms with Crippen molar-refractivity contribution in [2.24, 2.45) is 0 Å². The lowest BCUT2D eigenvalue weighted by molar-refractivity contribution is 1.07. The Morgan fingerprint density at radius 1 is 0.356 bits per heavy atom. The number of nitrogens with zero attached hydrogens (tertiary/aromatic N) is 3. The van der Waals surface area contributed by atoms with Crippen molar-refractivity contribution >= 4 is 53.1 Å². The van der Waals surface area contributed by atoms with E-state index in [-0.39, 0.29) is 0 Å². The second-order valence-electron chi connectivity index (χ2n) is 11.2. The number of rotatable bonds is 4. The molecular formula is C41H25N3S. The van der Waals surface area contributed by atoms with Gasteiger partial charge in [0.05, 0.1) is 0 Å². The van der Waals surface area contributed by atoms with Crippen molar-refractivity contribution in [1.29, 1.82) is 0 Å². The van der Waals surface area contributed by atoms with E-state index in [0.717, 1.165) is 27.8 Å². The molecule has 9 aromatic rings. The van der Waals surface area contributed by atoms with Gasteiger partial charge in [-0.25, -0.2) is 15.0 Å². The number of hydrogen-bond acceptors (Lipinski definition) is 4. The third kappa shape index (κ3) is 4.30. The molecule has 0 saturated carbocycles. The van der Waals surface area contributed by atoms with Crippen molar-refractivity contribution in [2.75, 3.05) is 0 Å². The summed E-state index contributed by atoms with van der Waals surface area (Å²) in [6.45, 7) is 0. The van der Waals surface area contributed by atoms with Gasteiger partial charge in [-0.3, -0.25) is 0 Å². The van der Waals surface area contributed by atoms with Gasteiger partial charge < -0.3 is 0 Å². The molecule has 9 rings (SSSR count). The van der Waals surface area contributed by atoms with Crippen molar-refractivity contribution in [2.45, 2.75) is 0 Å². The monoisotopic (exact) mass is 591 g/mol. The number of thiophene rings is 1. The fraction of sp³-hybridized carbons (Fsp3) is 0. The van der Waals surface area contributed by atoms with E-state index in [1.165, 1.54) is 41.7 Å². The Kier molecular flexibility index (Phi) is 6.00. The predicted octanol–water partition coefficient (Wildman–Crippen LogP) is 11.2. The van der Waals surface area contributed by atoms with Gasteiger partial charge in [-0.05, 0) is 33.4 Å². The second-order valence-corrected chi connectivity index (χ2v) is 12.2. The fourth-order valence-corrected chi connectivity index (χ4v) is 7.71. The normalized spacial score (nSPS) is 11.6. The summed E-state index contributed by atoms with van der Waals surface area (Å²) in [5, 5.41) is 7.66. The minimum Gasteiger partial charge on any atom is -0.208 e. The molecule has 0 fully saturated rings. The van der Waals surface area contributed by atoms with Gasteiger partial charge >= 0.3 is 0 Å². The van der Waals surface area contributed by atoms with E-state index in [4.69, 9.17) is 15.0 Å². The van der Waals surface area contributed by atoms with Crippen LogP contribution >= 0.6 is 11.3 Å². The van der Waals surface area contributed by atoms with Crippen LogP contribution in [0.1, 0.15) is 0 Å². The molecule has 0 bridgehead atoms. The zero-order valence-corrected chi connectivity index (χ0v) is 25.0. The van der Waals surface area contributed by atoms with Gasteiger partial charge in [-0.2, -0.15) is 0 Å². The average Bonchev–Trinajstić information content (AvgIpc) is 3.51. The van der Waals surface area contributed by atoms with Gasteiger partial charge in [-0.15, -0.1) is 11.3 Å². The predicted molar refractivity (Wildman–Crippen MR) is 189 cm³/mol. The number of benzene rings is 7. The number of hydrogen-bond donors (Lipinski definition) is 0. The lowest BCUT2D eigenvalue weighted by Gasteiger charge is -2.14. The van der Waals surface area contributed by atoms with Crippen LogP contribution in [0.3, 0.4) is 0 Å². The molecule has 0 unspecified atom stereocenters. The molecule has 0 saturated heterocycles. The summed E-state index contributed by atoms with van der Waals surface area (Å²) in [5.41, 5.74) is 5.14. The van der Waals surface area contributed by atoms with Gasteiger partial charge in [0.2, 0.25) is 0 Å². The summed E-state index contributed by atoms with van der Waals surface area (Å²) in [7, 11) is 0. The molecule has 0 atom stereocenters. The molecule has 3 nitrogen and oxygen atoms in total. The zero-order valence-electron chi connectivity index (χ0n) is 24.2. The Bertz CT molecular complexity index is 2480. The molecule has 0 N–H and O–H groups in total. The van der Waals surface area contributed by atoms with Crippen LogP contribution in [0.15, 0.2) is 152 Å². The van der Waals surface area contributed by atoms with Gasteiger partial charge in [0.15, 0.2) is 17.5 Å². The molecule has 0 amide bonds. The first-order chi connectivity index (χ1) is 22.3. The van der Waals surface area contributed by atoms with Crippen LogP contribution in [0.25, 0.3) is 87.0 Å². The molecule has 45 heavy (non-hydrogen) atoms. The van der Waals surface area contributed by atoms with E-state index < -0.39 is 0 Å². The van der Waals surface area contributed by atoms with Crippen LogP contribution in [0.5, 0.6) is 0 Å². The van der Waals surface area contributed by atoms with E-state index in [0.29, 0.717) is 17.5 Å². The average molecular weight is 592 g/mol. The number of aromatic nitrogens is 3. The van der Waals surface area contributed by atoms with E-state index in [2.05, 4.69) is 91.0 Å². The third-order valence-electron chi connectivity index (χ3n) is 8.54. The lowest BCUT2D eigenvalue weighted by atomic mass is 9.91. The smallest absolute Gasteiger partial charge is 0.164 e. The first kappa shape index (κ1) is 25.8. The zero-order chi connectivity index (χ0) is 29.7. The first-order valence-electron chi connectivity index (χ1n) is 15.0. The maximum atomic E-state index is 5.06. The Morgan fingerprint density at radius 3 is 1.64 bits per heavy atom. The van der Waals surface area contributed by atoms with E-state index in [1.807, 2.05) is 72.0 Å². The van der Waals surface area contributed by atoms with Gasteiger partial charge in [-0.1, -0.05) is 146 Å². The summed E-state index contributed by atoms with van der Waals surface area (Å²) >= 11 is 1.88. The Morgan fingerprint density at radius 2 is 0.911 bits per heavy atom. The van der Waals surface area contributed by atoms with Gasteiger partial charge in [0, 0.05) is 42.2 Å². The quantitative estimate of drug-likeness (QED) is 0.191. The molecule has 0 aliphatic heterocycles. The van der Waals surface area contributed by atoms with Crippen molar-refractivity contribution in [3.63, 3.8) is 0 Å². The molecule has 0 radical (unpaired) electrons. The van der Waals surface area contributed by atoms with Gasteiger partial charge in [0.25, 0.3) is 0 Å². The van der Waals surface area contributed by atoms with Crippen LogP contribution in [-0.2, 0) is 0 Å². The van der Waals surface area contributed by atoms with Crippen LogP contribution in [0.4, 0.5) is 0 Å². The maximum absolute atomic E-state index is 5.06. The van der Waals surface area contributed by atoms with E-state index in [9.17, 15) is 0 Å². The Labute approximate surface area is 264 Å². The highest BCUT2D eigenvalue weighted by atomic mass is 32.1. The molecule has 7 aromatic carbocycles. The topological polar surface area (TPSA) is 38.7 Å². The lowest BCUT2D eigenvalue weighted by Crippen LogP contribution is -2.01. The Balaban J connectivity index is 1.29. The summed E-state index contributed by atoms with van der Waals surface area (Å²) in [5.74, 6) is 1.97. The molecular weight excluding hydrogens is 567 g/mol. The summed E-state index contributed by atoms with van der Waals surface area (Å²) in [6, 6.07) is 53.2. The molecule has 0 spiro atoms. The van der Waals surface area contributed by atoms with Crippen molar-refractivity contribution < 1.29 is 0 Å². The van der Waals surface area contributed by atoms with Gasteiger partial charge in [0.1, 0.15) is 0 Å². The summed E-state index contributed by atoms with van der Waals surface area (Å²) in [6.07, 6.45) is 0. The van der Waals surface area contributed by atoms with E-state index >= 15 is 0 Å². The Hall–Kier alpha value is -5.71. The molecule has 2 heterocycles. The first-order valence-corrected chi connectivity index (χ1v) is 15.9. The van der Waals surface area contributed by atoms with Crippen LogP contribution in [-0.4, -0.2) is 15.0 Å². The number of fused-ring (bicyclic) bond motifs is 7. The maximum Gasteiger partial charge on any atom is 0.164 e. The molecule has 0 aliphatic carbocycles. The van der Waals surface area contributed by atoms with Crippen molar-refractivity contribution in [3.05, 3.63) is 152 Å². The fourth-order valence-electron chi connectivity index (χ4n) is 6.43. The van der Waals surface area contributed by atoms with Crippen LogP contribution in [0.2, 0.25) is 0 Å². The summed E-state index contributed by atoms with van der Waals surface area (Å²) in [4.78, 5) is 15.0.